The van der Waals surface area contributed by atoms with Crippen LogP contribution in [0.5, 0.6) is 0 Å². The van der Waals surface area contributed by atoms with Crippen LogP contribution >= 0.6 is 0 Å². The van der Waals surface area contributed by atoms with Crippen LogP contribution in [0.2, 0.25) is 0 Å². The van der Waals surface area contributed by atoms with E-state index in [-0.39, 0.29) is 0 Å². The van der Waals surface area contributed by atoms with Gasteiger partial charge in [-0.05, 0) is 52.1 Å². The molecule has 3 atom stereocenters. The molecule has 1 aliphatic heterocycles. The van der Waals surface area contributed by atoms with E-state index in [9.17, 15) is 0 Å². The molecule has 1 aliphatic carbocycles. The molecule has 2 fully saturated rings. The topological polar surface area (TPSA) is 24.5 Å². The van der Waals surface area contributed by atoms with E-state index in [0.29, 0.717) is 18.2 Å². The van der Waals surface area contributed by atoms with Crippen molar-refractivity contribution in [1.82, 2.24) is 10.2 Å². The molecule has 0 spiro atoms. The molecule has 0 aromatic carbocycles. The highest BCUT2D eigenvalue weighted by Crippen LogP contribution is 2.23. The molecule has 0 aromatic rings. The first kappa shape index (κ1) is 17.2. The summed E-state index contributed by atoms with van der Waals surface area (Å²) in [5.74, 6) is 0. The first-order chi connectivity index (χ1) is 10.3. The predicted octanol–water partition coefficient (Wildman–Crippen LogP) is 3.58. The minimum absolute atomic E-state index is 0.473. The molecule has 1 saturated carbocycles. The average Bonchev–Trinajstić information content (AvgIpc) is 2.47. The van der Waals surface area contributed by atoms with Gasteiger partial charge in [0.15, 0.2) is 0 Å². The highest BCUT2D eigenvalue weighted by Gasteiger charge is 2.27. The van der Waals surface area contributed by atoms with E-state index in [2.05, 4.69) is 24.2 Å². The molecule has 0 bridgehead atoms. The summed E-state index contributed by atoms with van der Waals surface area (Å²) in [5, 5.41) is 3.82. The molecule has 0 amide bonds. The van der Waals surface area contributed by atoms with Gasteiger partial charge in [-0.2, -0.15) is 0 Å². The average molecular weight is 296 g/mol. The molecule has 2 aliphatic rings. The summed E-state index contributed by atoms with van der Waals surface area (Å²) in [4.78, 5) is 2.61. The molecule has 3 unspecified atom stereocenters. The molecule has 3 heteroatoms. The van der Waals surface area contributed by atoms with E-state index in [1.54, 1.807) is 0 Å². The van der Waals surface area contributed by atoms with Crippen LogP contribution in [0.25, 0.3) is 0 Å². The van der Waals surface area contributed by atoms with Gasteiger partial charge in [-0.1, -0.05) is 32.6 Å². The van der Waals surface area contributed by atoms with E-state index >= 15 is 0 Å². The van der Waals surface area contributed by atoms with E-state index in [0.717, 1.165) is 19.7 Å². The van der Waals surface area contributed by atoms with Crippen LogP contribution in [-0.2, 0) is 4.74 Å². The minimum atomic E-state index is 0.473. The number of ether oxygens (including phenoxy) is 1. The largest absolute Gasteiger partial charge is 0.377 e. The summed E-state index contributed by atoms with van der Waals surface area (Å²) < 4.78 is 5.95. The standard InChI is InChI=1S/C18H36N2O/c1-3-13-19-17-11-6-4-5-7-12-18(17)20(2)15-16-10-8-9-14-21-16/h16-19H,3-15H2,1-2H3. The number of nitrogens with zero attached hydrogens (tertiary/aromatic N) is 1. The zero-order valence-electron chi connectivity index (χ0n) is 14.3. The van der Waals surface area contributed by atoms with Gasteiger partial charge in [0.1, 0.15) is 0 Å². The van der Waals surface area contributed by atoms with Crippen molar-refractivity contribution >= 4 is 0 Å². The zero-order chi connectivity index (χ0) is 14.9. The molecule has 21 heavy (non-hydrogen) atoms. The molecule has 0 aromatic heterocycles. The van der Waals surface area contributed by atoms with E-state index in [1.807, 2.05) is 0 Å². The first-order valence-corrected chi connectivity index (χ1v) is 9.36. The molecular weight excluding hydrogens is 260 g/mol. The van der Waals surface area contributed by atoms with Crippen molar-refractivity contribution in [2.24, 2.45) is 0 Å². The number of likely N-dealkylation sites (N-methyl/N-ethyl adjacent to an activating group) is 1. The summed E-state index contributed by atoms with van der Waals surface area (Å²) >= 11 is 0. The second-order valence-corrected chi connectivity index (χ2v) is 7.05. The summed E-state index contributed by atoms with van der Waals surface area (Å²) in [6.45, 7) is 5.52. The molecule has 1 saturated heterocycles. The Morgan fingerprint density at radius 3 is 2.48 bits per heavy atom. The van der Waals surface area contributed by atoms with Gasteiger partial charge >= 0.3 is 0 Å². The van der Waals surface area contributed by atoms with Crippen molar-refractivity contribution < 1.29 is 4.74 Å². The lowest BCUT2D eigenvalue weighted by molar-refractivity contribution is -0.0128. The van der Waals surface area contributed by atoms with Gasteiger partial charge < -0.3 is 10.1 Å². The van der Waals surface area contributed by atoms with Gasteiger partial charge in [0.2, 0.25) is 0 Å². The van der Waals surface area contributed by atoms with Crippen LogP contribution in [0.1, 0.15) is 71.1 Å². The zero-order valence-corrected chi connectivity index (χ0v) is 14.3. The number of hydrogen-bond acceptors (Lipinski definition) is 3. The summed E-state index contributed by atoms with van der Waals surface area (Å²) in [6, 6.07) is 1.38. The third-order valence-corrected chi connectivity index (χ3v) is 5.22. The maximum atomic E-state index is 5.95. The van der Waals surface area contributed by atoms with Crippen molar-refractivity contribution in [2.75, 3.05) is 26.7 Å². The van der Waals surface area contributed by atoms with Crippen LogP contribution in [0.15, 0.2) is 0 Å². The van der Waals surface area contributed by atoms with Crippen LogP contribution in [-0.4, -0.2) is 49.8 Å². The van der Waals surface area contributed by atoms with Crippen molar-refractivity contribution in [1.29, 1.82) is 0 Å². The van der Waals surface area contributed by atoms with Gasteiger partial charge in [-0.3, -0.25) is 4.90 Å². The Kier molecular flexibility index (Phi) is 8.05. The van der Waals surface area contributed by atoms with Gasteiger partial charge in [-0.25, -0.2) is 0 Å². The lowest BCUT2D eigenvalue weighted by atomic mass is 9.91. The van der Waals surface area contributed by atoms with Gasteiger partial charge in [0.25, 0.3) is 0 Å². The second-order valence-electron chi connectivity index (χ2n) is 7.05. The van der Waals surface area contributed by atoms with Crippen LogP contribution < -0.4 is 5.32 Å². The molecule has 124 valence electrons. The molecule has 1 N–H and O–H groups in total. The van der Waals surface area contributed by atoms with Gasteiger partial charge in [0.05, 0.1) is 6.10 Å². The molecule has 3 nitrogen and oxygen atoms in total. The number of nitrogens with one attached hydrogen (secondary N) is 1. The monoisotopic (exact) mass is 296 g/mol. The number of hydrogen-bond donors (Lipinski definition) is 1. The Morgan fingerprint density at radius 2 is 1.76 bits per heavy atom. The van der Waals surface area contributed by atoms with Crippen molar-refractivity contribution in [3.05, 3.63) is 0 Å². The van der Waals surface area contributed by atoms with Gasteiger partial charge in [-0.15, -0.1) is 0 Å². The molecule has 2 rings (SSSR count). The fraction of sp³-hybridized carbons (Fsp3) is 1.00. The Hall–Kier alpha value is -0.120. The lowest BCUT2D eigenvalue weighted by Gasteiger charge is -2.39. The summed E-state index contributed by atoms with van der Waals surface area (Å²) in [7, 11) is 2.32. The molecule has 0 radical (unpaired) electrons. The highest BCUT2D eigenvalue weighted by molar-refractivity contribution is 4.86. The Balaban J connectivity index is 1.89. The van der Waals surface area contributed by atoms with Gasteiger partial charge in [0, 0.05) is 25.2 Å². The first-order valence-electron chi connectivity index (χ1n) is 9.36. The quantitative estimate of drug-likeness (QED) is 0.811. The maximum absolute atomic E-state index is 5.95. The Labute approximate surface area is 131 Å². The van der Waals surface area contributed by atoms with E-state index in [4.69, 9.17) is 4.74 Å². The third-order valence-electron chi connectivity index (χ3n) is 5.22. The third kappa shape index (κ3) is 5.88. The highest BCUT2D eigenvalue weighted by atomic mass is 16.5. The Bertz CT molecular complexity index is 264. The van der Waals surface area contributed by atoms with Crippen molar-refractivity contribution in [3.63, 3.8) is 0 Å². The maximum Gasteiger partial charge on any atom is 0.0702 e. The van der Waals surface area contributed by atoms with Crippen molar-refractivity contribution in [3.8, 4) is 0 Å². The minimum Gasteiger partial charge on any atom is -0.377 e. The molecule has 1 heterocycles. The SMILES string of the molecule is CCCNC1CCCCCCC1N(C)CC1CCCCO1. The van der Waals surface area contributed by atoms with Crippen molar-refractivity contribution in [2.45, 2.75) is 89.3 Å². The van der Waals surface area contributed by atoms with Crippen LogP contribution in [0, 0.1) is 0 Å². The fourth-order valence-corrected chi connectivity index (χ4v) is 3.97. The van der Waals surface area contributed by atoms with E-state index in [1.165, 1.54) is 64.2 Å². The second kappa shape index (κ2) is 9.81. The van der Waals surface area contributed by atoms with E-state index < -0.39 is 0 Å². The van der Waals surface area contributed by atoms with Crippen LogP contribution in [0.3, 0.4) is 0 Å². The predicted molar refractivity (Wildman–Crippen MR) is 89.8 cm³/mol. The molecular formula is C18H36N2O. The smallest absolute Gasteiger partial charge is 0.0702 e. The number of rotatable bonds is 6. The lowest BCUT2D eigenvalue weighted by Crippen LogP contribution is -2.51. The van der Waals surface area contributed by atoms with Crippen LogP contribution in [0.4, 0.5) is 0 Å². The normalized spacial score (nSPS) is 31.9. The summed E-state index contributed by atoms with van der Waals surface area (Å²) in [5.41, 5.74) is 0. The Morgan fingerprint density at radius 1 is 1.00 bits per heavy atom. The summed E-state index contributed by atoms with van der Waals surface area (Å²) in [6.07, 6.45) is 13.9. The fourth-order valence-electron chi connectivity index (χ4n) is 3.97.